The Morgan fingerprint density at radius 2 is 1.79 bits per heavy atom. The Morgan fingerprint density at radius 1 is 1.04 bits per heavy atom. The maximum absolute atomic E-state index is 13.8. The van der Waals surface area contributed by atoms with Gasteiger partial charge in [-0.05, 0) is 48.0 Å². The van der Waals surface area contributed by atoms with E-state index in [1.54, 1.807) is 60.3 Å². The van der Waals surface area contributed by atoms with Crippen molar-refractivity contribution in [1.82, 2.24) is 14.5 Å². The molecule has 0 saturated carbocycles. The molecule has 4 rings (SSSR count). The maximum atomic E-state index is 13.8. The molecule has 0 radical (unpaired) electrons. The molecule has 0 aliphatic carbocycles. The number of rotatable bonds is 4. The molecule has 2 heterocycles. The van der Waals surface area contributed by atoms with E-state index in [1.165, 1.54) is 29.1 Å². The van der Waals surface area contributed by atoms with Crippen LogP contribution in [0.5, 0.6) is 0 Å². The fourth-order valence-electron chi connectivity index (χ4n) is 2.92. The maximum Gasteiger partial charge on any atom is 0.287 e. The molecule has 4 aromatic rings. The van der Waals surface area contributed by atoms with Gasteiger partial charge < -0.3 is 4.57 Å². The summed E-state index contributed by atoms with van der Waals surface area (Å²) in [6, 6.07) is 13.7. The Labute approximate surface area is 159 Å². The molecule has 0 fully saturated rings. The second kappa shape index (κ2) is 7.11. The van der Waals surface area contributed by atoms with E-state index in [0.29, 0.717) is 22.3 Å². The van der Waals surface area contributed by atoms with Gasteiger partial charge in [0.25, 0.3) is 5.91 Å². The lowest BCUT2D eigenvalue weighted by Crippen LogP contribution is -2.25. The number of aromatic nitrogens is 3. The number of halogens is 2. The third-order valence-electron chi connectivity index (χ3n) is 4.36. The van der Waals surface area contributed by atoms with Gasteiger partial charge in [-0.1, -0.05) is 18.2 Å². The van der Waals surface area contributed by atoms with Gasteiger partial charge in [-0.25, -0.2) is 14.2 Å². The number of carbonyl (C=O) groups excluding carboxylic acids is 1. The third kappa shape index (κ3) is 3.42. The van der Waals surface area contributed by atoms with Crippen LogP contribution in [0, 0.1) is 11.6 Å². The number of hydrogen-bond donors (Lipinski definition) is 1. The van der Waals surface area contributed by atoms with Gasteiger partial charge in [-0.2, -0.15) is 9.89 Å². The van der Waals surface area contributed by atoms with E-state index in [9.17, 15) is 13.6 Å². The smallest absolute Gasteiger partial charge is 0.287 e. The number of nitrogens with zero attached hydrogens (tertiary/aromatic N) is 3. The van der Waals surface area contributed by atoms with Crippen LogP contribution in [0.4, 0.5) is 8.78 Å². The lowest BCUT2D eigenvalue weighted by Gasteiger charge is -2.07. The fraction of sp³-hybridized carbons (Fsp3) is 0.0476. The summed E-state index contributed by atoms with van der Waals surface area (Å²) in [5.74, 6) is -1.11. The molecular weight excluding hydrogens is 362 g/mol. The Bertz CT molecular complexity index is 1190. The minimum absolute atomic E-state index is 0.314. The molecule has 7 heteroatoms. The van der Waals surface area contributed by atoms with Crippen molar-refractivity contribution in [3.8, 4) is 0 Å². The van der Waals surface area contributed by atoms with Crippen molar-refractivity contribution >= 4 is 29.0 Å². The Morgan fingerprint density at radius 3 is 2.50 bits per heavy atom. The number of carbonyl (C=O) groups is 1. The first-order valence-corrected chi connectivity index (χ1v) is 8.56. The van der Waals surface area contributed by atoms with Crippen molar-refractivity contribution in [2.45, 2.75) is 0 Å². The van der Waals surface area contributed by atoms with Gasteiger partial charge in [0, 0.05) is 24.7 Å². The zero-order valence-electron chi connectivity index (χ0n) is 14.9. The van der Waals surface area contributed by atoms with Crippen LogP contribution in [0.3, 0.4) is 0 Å². The first kappa shape index (κ1) is 17.7. The average molecular weight is 378 g/mol. The van der Waals surface area contributed by atoms with E-state index >= 15 is 0 Å². The quantitative estimate of drug-likeness (QED) is 0.578. The van der Waals surface area contributed by atoms with Gasteiger partial charge in [0.2, 0.25) is 0 Å². The molecule has 0 unspecified atom stereocenters. The average Bonchev–Trinajstić information content (AvgIpc) is 3.25. The summed E-state index contributed by atoms with van der Waals surface area (Å²) in [5.41, 5.74) is 4.89. The SMILES string of the molecule is Cn1cccc1C(=O)Nn1nc(C=Cc2ccc(F)cc2)c2ccc(F)cc21. The zero-order chi connectivity index (χ0) is 19.7. The van der Waals surface area contributed by atoms with E-state index in [4.69, 9.17) is 0 Å². The Hall–Kier alpha value is -3.74. The van der Waals surface area contributed by atoms with E-state index in [2.05, 4.69) is 10.5 Å². The highest BCUT2D eigenvalue weighted by Gasteiger charge is 2.14. The van der Waals surface area contributed by atoms with Crippen molar-refractivity contribution in [3.05, 3.63) is 89.4 Å². The molecule has 0 aliphatic heterocycles. The van der Waals surface area contributed by atoms with Crippen LogP contribution in [0.15, 0.2) is 60.8 Å². The van der Waals surface area contributed by atoms with Crippen LogP contribution < -0.4 is 5.43 Å². The van der Waals surface area contributed by atoms with Crippen LogP contribution in [0.2, 0.25) is 0 Å². The van der Waals surface area contributed by atoms with Crippen LogP contribution in [-0.2, 0) is 7.05 Å². The summed E-state index contributed by atoms with van der Waals surface area (Å²) in [6.45, 7) is 0. The number of nitrogens with one attached hydrogen (secondary N) is 1. The monoisotopic (exact) mass is 378 g/mol. The molecule has 0 atom stereocenters. The zero-order valence-corrected chi connectivity index (χ0v) is 14.9. The molecule has 0 bridgehead atoms. The van der Waals surface area contributed by atoms with Crippen molar-refractivity contribution in [3.63, 3.8) is 0 Å². The minimum Gasteiger partial charge on any atom is -0.347 e. The number of benzene rings is 2. The molecule has 0 spiro atoms. The summed E-state index contributed by atoms with van der Waals surface area (Å²) >= 11 is 0. The van der Waals surface area contributed by atoms with Gasteiger partial charge >= 0.3 is 0 Å². The van der Waals surface area contributed by atoms with Crippen LogP contribution >= 0.6 is 0 Å². The molecular formula is C21H16F2N4O. The topological polar surface area (TPSA) is 51.9 Å². The molecule has 2 aromatic carbocycles. The lowest BCUT2D eigenvalue weighted by atomic mass is 10.1. The highest BCUT2D eigenvalue weighted by molar-refractivity contribution is 6.00. The standard InChI is InChI=1S/C21H16F2N4O/c1-26-12-2-3-19(26)21(28)25-27-20-13-16(23)9-10-17(20)18(24-27)11-6-14-4-7-15(22)8-5-14/h2-13H,1H3,(H,25,28). The molecule has 1 amide bonds. The molecule has 140 valence electrons. The van der Waals surface area contributed by atoms with Gasteiger partial charge in [0.1, 0.15) is 17.3 Å². The fourth-order valence-corrected chi connectivity index (χ4v) is 2.92. The lowest BCUT2D eigenvalue weighted by molar-refractivity contribution is 0.0998. The predicted molar refractivity (Wildman–Crippen MR) is 104 cm³/mol. The predicted octanol–water partition coefficient (Wildman–Crippen LogP) is 4.21. The number of fused-ring (bicyclic) bond motifs is 1. The van der Waals surface area contributed by atoms with E-state index in [1.807, 2.05) is 0 Å². The summed E-state index contributed by atoms with van der Waals surface area (Å²) in [4.78, 5) is 13.8. The van der Waals surface area contributed by atoms with Gasteiger partial charge in [0.05, 0.1) is 11.2 Å². The second-order valence-electron chi connectivity index (χ2n) is 6.29. The van der Waals surface area contributed by atoms with Crippen molar-refractivity contribution < 1.29 is 13.6 Å². The van der Waals surface area contributed by atoms with E-state index < -0.39 is 5.82 Å². The number of aryl methyl sites for hydroxylation is 1. The van der Waals surface area contributed by atoms with Crippen LogP contribution in [-0.4, -0.2) is 20.4 Å². The van der Waals surface area contributed by atoms with E-state index in [-0.39, 0.29) is 11.7 Å². The van der Waals surface area contributed by atoms with E-state index in [0.717, 1.165) is 5.56 Å². The first-order chi connectivity index (χ1) is 13.5. The molecule has 0 aliphatic rings. The second-order valence-corrected chi connectivity index (χ2v) is 6.29. The summed E-state index contributed by atoms with van der Waals surface area (Å²) in [7, 11) is 1.76. The highest BCUT2D eigenvalue weighted by atomic mass is 19.1. The minimum atomic E-state index is -0.434. The summed E-state index contributed by atoms with van der Waals surface area (Å²) in [6.07, 6.45) is 5.26. The highest BCUT2D eigenvalue weighted by Crippen LogP contribution is 2.21. The Balaban J connectivity index is 1.71. The molecule has 0 saturated heterocycles. The Kier molecular flexibility index (Phi) is 4.49. The largest absolute Gasteiger partial charge is 0.347 e. The van der Waals surface area contributed by atoms with Crippen molar-refractivity contribution in [1.29, 1.82) is 0 Å². The van der Waals surface area contributed by atoms with Crippen molar-refractivity contribution in [2.75, 3.05) is 5.43 Å². The third-order valence-corrected chi connectivity index (χ3v) is 4.36. The number of hydrogen-bond acceptors (Lipinski definition) is 2. The molecule has 5 nitrogen and oxygen atoms in total. The van der Waals surface area contributed by atoms with Gasteiger partial charge in [0.15, 0.2) is 0 Å². The van der Waals surface area contributed by atoms with Gasteiger partial charge in [-0.15, -0.1) is 0 Å². The summed E-state index contributed by atoms with van der Waals surface area (Å²) in [5, 5.41) is 5.06. The first-order valence-electron chi connectivity index (χ1n) is 8.56. The van der Waals surface area contributed by atoms with Crippen molar-refractivity contribution in [2.24, 2.45) is 7.05 Å². The van der Waals surface area contributed by atoms with Crippen LogP contribution in [0.25, 0.3) is 23.1 Å². The number of amides is 1. The van der Waals surface area contributed by atoms with Gasteiger partial charge in [-0.3, -0.25) is 4.79 Å². The molecule has 28 heavy (non-hydrogen) atoms. The van der Waals surface area contributed by atoms with Crippen LogP contribution in [0.1, 0.15) is 21.7 Å². The molecule has 1 N–H and O–H groups in total. The molecule has 2 aromatic heterocycles. The summed E-state index contributed by atoms with van der Waals surface area (Å²) < 4.78 is 28.5. The normalized spacial score (nSPS) is 11.4.